The summed E-state index contributed by atoms with van der Waals surface area (Å²) in [5.74, 6) is 0. The summed E-state index contributed by atoms with van der Waals surface area (Å²) in [6, 6.07) is 2.38. The van der Waals surface area contributed by atoms with Gasteiger partial charge in [-0.15, -0.1) is 0 Å². The van der Waals surface area contributed by atoms with Crippen LogP contribution in [0.2, 0.25) is 0 Å². The van der Waals surface area contributed by atoms with E-state index in [9.17, 15) is 0 Å². The van der Waals surface area contributed by atoms with Gasteiger partial charge in [0.05, 0.1) is 0 Å². The number of hydrogen-bond acceptors (Lipinski definition) is 2. The highest BCUT2D eigenvalue weighted by molar-refractivity contribution is 4.90. The first kappa shape index (κ1) is 9.47. The zero-order chi connectivity index (χ0) is 9.26. The Morgan fingerprint density at radius 1 is 1.08 bits per heavy atom. The monoisotopic (exact) mass is 182 g/mol. The van der Waals surface area contributed by atoms with Crippen molar-refractivity contribution in [2.45, 2.75) is 57.7 Å². The third-order valence-corrected chi connectivity index (χ3v) is 3.47. The fourth-order valence-corrected chi connectivity index (χ4v) is 2.47. The van der Waals surface area contributed by atoms with E-state index in [1.54, 1.807) is 0 Å². The maximum atomic E-state index is 3.76. The summed E-state index contributed by atoms with van der Waals surface area (Å²) in [7, 11) is 0. The van der Waals surface area contributed by atoms with Crippen LogP contribution >= 0.6 is 0 Å². The van der Waals surface area contributed by atoms with E-state index in [4.69, 9.17) is 0 Å². The second-order valence-corrected chi connectivity index (χ2v) is 4.89. The molecule has 0 spiro atoms. The van der Waals surface area contributed by atoms with E-state index in [2.05, 4.69) is 24.1 Å². The van der Waals surface area contributed by atoms with Crippen LogP contribution in [0.25, 0.3) is 0 Å². The van der Waals surface area contributed by atoms with Crippen LogP contribution in [-0.2, 0) is 0 Å². The fourth-order valence-electron chi connectivity index (χ4n) is 2.47. The first-order chi connectivity index (χ1) is 6.25. The van der Waals surface area contributed by atoms with Gasteiger partial charge in [-0.2, -0.15) is 0 Å². The number of hydrogen-bond donors (Lipinski definition) is 1. The first-order valence-corrected chi connectivity index (χ1v) is 5.76. The number of nitrogens with zero attached hydrogens (tertiary/aromatic N) is 1. The molecule has 0 radical (unpaired) electrons. The molecule has 76 valence electrons. The van der Waals surface area contributed by atoms with Crippen LogP contribution in [0.15, 0.2) is 0 Å². The first-order valence-electron chi connectivity index (χ1n) is 5.76. The molecule has 1 aliphatic heterocycles. The summed E-state index contributed by atoms with van der Waals surface area (Å²) in [6.07, 6.45) is 5.72. The molecule has 1 aliphatic carbocycles. The maximum Gasteiger partial charge on any atom is 0.0325 e. The molecule has 2 aliphatic rings. The third kappa shape index (κ3) is 2.23. The van der Waals surface area contributed by atoms with E-state index in [0.717, 1.165) is 18.1 Å². The minimum Gasteiger partial charge on any atom is -0.309 e. The second kappa shape index (κ2) is 3.97. The van der Waals surface area contributed by atoms with Crippen LogP contribution in [0.3, 0.4) is 0 Å². The molecule has 0 atom stereocenters. The Labute approximate surface area is 81.7 Å². The molecule has 0 aromatic heterocycles. The second-order valence-electron chi connectivity index (χ2n) is 4.89. The highest BCUT2D eigenvalue weighted by Gasteiger charge is 2.30. The molecule has 0 amide bonds. The quantitative estimate of drug-likeness (QED) is 0.713. The van der Waals surface area contributed by atoms with Gasteiger partial charge in [-0.1, -0.05) is 12.8 Å². The van der Waals surface area contributed by atoms with Gasteiger partial charge in [-0.25, -0.2) is 0 Å². The van der Waals surface area contributed by atoms with Crippen molar-refractivity contribution in [1.82, 2.24) is 10.2 Å². The van der Waals surface area contributed by atoms with Crippen molar-refractivity contribution in [3.63, 3.8) is 0 Å². The lowest BCUT2D eigenvalue weighted by Crippen LogP contribution is -2.61. The summed E-state index contributed by atoms with van der Waals surface area (Å²) in [5.41, 5.74) is 0. The molecular formula is C11H22N2. The fraction of sp³-hybridized carbons (Fsp3) is 1.00. The molecule has 0 aromatic rings. The van der Waals surface area contributed by atoms with Crippen LogP contribution in [0, 0.1) is 0 Å². The number of rotatable bonds is 3. The largest absolute Gasteiger partial charge is 0.309 e. The zero-order valence-corrected chi connectivity index (χ0v) is 8.92. The molecule has 0 aromatic carbocycles. The van der Waals surface area contributed by atoms with Gasteiger partial charge >= 0.3 is 0 Å². The molecule has 0 unspecified atom stereocenters. The minimum absolute atomic E-state index is 0.738. The highest BCUT2D eigenvalue weighted by atomic mass is 15.3. The molecule has 13 heavy (non-hydrogen) atoms. The summed E-state index contributed by atoms with van der Waals surface area (Å²) in [5, 5.41) is 3.76. The van der Waals surface area contributed by atoms with Crippen LogP contribution < -0.4 is 5.32 Å². The van der Waals surface area contributed by atoms with Gasteiger partial charge in [0.1, 0.15) is 0 Å². The average Bonchev–Trinajstić information content (AvgIpc) is 2.46. The molecular weight excluding hydrogens is 160 g/mol. The lowest BCUT2D eigenvalue weighted by Gasteiger charge is -2.43. The Morgan fingerprint density at radius 2 is 1.69 bits per heavy atom. The van der Waals surface area contributed by atoms with Crippen molar-refractivity contribution in [2.75, 3.05) is 13.1 Å². The predicted molar refractivity (Wildman–Crippen MR) is 55.9 cm³/mol. The van der Waals surface area contributed by atoms with Crippen LogP contribution in [0.4, 0.5) is 0 Å². The van der Waals surface area contributed by atoms with E-state index in [1.807, 2.05) is 0 Å². The molecule has 1 saturated carbocycles. The molecule has 1 N–H and O–H groups in total. The smallest absolute Gasteiger partial charge is 0.0325 e. The maximum absolute atomic E-state index is 3.76. The minimum atomic E-state index is 0.738. The van der Waals surface area contributed by atoms with E-state index in [-0.39, 0.29) is 0 Å². The normalized spacial score (nSPS) is 27.0. The van der Waals surface area contributed by atoms with Crippen molar-refractivity contribution >= 4 is 0 Å². The van der Waals surface area contributed by atoms with Gasteiger partial charge in [0.2, 0.25) is 0 Å². The Kier molecular flexibility index (Phi) is 2.89. The van der Waals surface area contributed by atoms with Crippen LogP contribution in [0.1, 0.15) is 39.5 Å². The van der Waals surface area contributed by atoms with E-state index in [0.29, 0.717) is 0 Å². The number of likely N-dealkylation sites (tertiary alicyclic amines) is 1. The van der Waals surface area contributed by atoms with E-state index < -0.39 is 0 Å². The molecule has 0 bridgehead atoms. The standard InChI is InChI=1S/C11H22N2/c1-9(2)13-7-11(8-13)12-10-5-3-4-6-10/h9-12H,3-8H2,1-2H3. The van der Waals surface area contributed by atoms with Gasteiger partial charge in [0, 0.05) is 31.2 Å². The molecule has 1 saturated heterocycles. The van der Waals surface area contributed by atoms with Crippen molar-refractivity contribution in [3.05, 3.63) is 0 Å². The Bertz CT molecular complexity index is 155. The number of nitrogens with one attached hydrogen (secondary N) is 1. The predicted octanol–water partition coefficient (Wildman–Crippen LogP) is 1.61. The Balaban J connectivity index is 1.63. The topological polar surface area (TPSA) is 15.3 Å². The molecule has 2 fully saturated rings. The van der Waals surface area contributed by atoms with Gasteiger partial charge in [-0.3, -0.25) is 4.90 Å². The third-order valence-electron chi connectivity index (χ3n) is 3.47. The van der Waals surface area contributed by atoms with Crippen molar-refractivity contribution in [2.24, 2.45) is 0 Å². The lowest BCUT2D eigenvalue weighted by atomic mass is 10.1. The Hall–Kier alpha value is -0.0800. The van der Waals surface area contributed by atoms with Crippen molar-refractivity contribution in [3.8, 4) is 0 Å². The SMILES string of the molecule is CC(C)N1CC(NC2CCCC2)C1. The molecule has 2 nitrogen and oxygen atoms in total. The van der Waals surface area contributed by atoms with E-state index in [1.165, 1.54) is 38.8 Å². The summed E-state index contributed by atoms with van der Waals surface area (Å²) >= 11 is 0. The average molecular weight is 182 g/mol. The molecule has 1 heterocycles. The Morgan fingerprint density at radius 3 is 2.23 bits per heavy atom. The van der Waals surface area contributed by atoms with Gasteiger partial charge in [0.25, 0.3) is 0 Å². The lowest BCUT2D eigenvalue weighted by molar-refractivity contribution is 0.0855. The van der Waals surface area contributed by atoms with Crippen LogP contribution in [0.5, 0.6) is 0 Å². The van der Waals surface area contributed by atoms with Crippen molar-refractivity contribution in [1.29, 1.82) is 0 Å². The zero-order valence-electron chi connectivity index (χ0n) is 8.92. The molecule has 2 heteroatoms. The highest BCUT2D eigenvalue weighted by Crippen LogP contribution is 2.20. The van der Waals surface area contributed by atoms with Crippen LogP contribution in [-0.4, -0.2) is 36.1 Å². The summed E-state index contributed by atoms with van der Waals surface area (Å²) in [6.45, 7) is 7.11. The van der Waals surface area contributed by atoms with E-state index >= 15 is 0 Å². The summed E-state index contributed by atoms with van der Waals surface area (Å²) < 4.78 is 0. The van der Waals surface area contributed by atoms with Gasteiger partial charge in [0.15, 0.2) is 0 Å². The summed E-state index contributed by atoms with van der Waals surface area (Å²) in [4.78, 5) is 2.53. The molecule has 2 rings (SSSR count). The van der Waals surface area contributed by atoms with Crippen molar-refractivity contribution < 1.29 is 0 Å². The van der Waals surface area contributed by atoms with Gasteiger partial charge in [-0.05, 0) is 26.7 Å². The van der Waals surface area contributed by atoms with Gasteiger partial charge < -0.3 is 5.32 Å².